The smallest absolute Gasteiger partial charge is 0.325 e. The molecular weight excluding hydrogens is 510 g/mol. The number of amides is 2. The number of aryl methyl sites for hydroxylation is 1. The number of aromatic nitrogens is 1. The third kappa shape index (κ3) is 7.25. The van der Waals surface area contributed by atoms with E-state index in [1.54, 1.807) is 30.3 Å². The number of hydrogen-bond acceptors (Lipinski definition) is 6. The molecule has 37 heavy (non-hydrogen) atoms. The zero-order valence-electron chi connectivity index (χ0n) is 20.0. The maximum atomic E-state index is 13.2. The molecule has 9 heteroatoms. The van der Waals surface area contributed by atoms with E-state index >= 15 is 0 Å². The molecule has 1 heterocycles. The lowest BCUT2D eigenvalue weighted by Gasteiger charge is -2.20. The molecule has 0 radical (unpaired) electrons. The molecule has 0 bridgehead atoms. The van der Waals surface area contributed by atoms with Crippen LogP contribution in [0.5, 0.6) is 0 Å². The van der Waals surface area contributed by atoms with E-state index in [1.807, 2.05) is 60.8 Å². The second kappa shape index (κ2) is 12.3. The van der Waals surface area contributed by atoms with E-state index in [1.165, 1.54) is 16.2 Å². The third-order valence-corrected chi connectivity index (χ3v) is 6.49. The van der Waals surface area contributed by atoms with Crippen LogP contribution in [-0.4, -0.2) is 35.9 Å². The van der Waals surface area contributed by atoms with Crippen LogP contribution in [0.4, 0.5) is 5.13 Å². The summed E-state index contributed by atoms with van der Waals surface area (Å²) in [5, 5.41) is 5.47. The molecule has 0 spiro atoms. The number of ether oxygens (including phenoxy) is 1. The van der Waals surface area contributed by atoms with Crippen molar-refractivity contribution in [2.75, 3.05) is 18.1 Å². The Morgan fingerprint density at radius 1 is 1.00 bits per heavy atom. The lowest BCUT2D eigenvalue weighted by molar-refractivity contribution is -0.146. The molecule has 4 rings (SSSR count). The van der Waals surface area contributed by atoms with Gasteiger partial charge in [0.2, 0.25) is 0 Å². The highest BCUT2D eigenvalue weighted by Gasteiger charge is 2.22. The summed E-state index contributed by atoms with van der Waals surface area (Å²) in [5.41, 5.74) is 3.85. The third-order valence-electron chi connectivity index (χ3n) is 5.38. The van der Waals surface area contributed by atoms with E-state index in [0.717, 1.165) is 16.7 Å². The molecule has 0 fully saturated rings. The number of carbonyl (C=O) groups excluding carboxylic acids is 3. The molecule has 3 aromatic carbocycles. The Morgan fingerprint density at radius 3 is 2.49 bits per heavy atom. The number of hydrogen-bond donors (Lipinski definition) is 1. The summed E-state index contributed by atoms with van der Waals surface area (Å²) in [6.07, 6.45) is 0. The first-order valence-electron chi connectivity index (χ1n) is 11.5. The first-order valence-corrected chi connectivity index (χ1v) is 12.7. The zero-order chi connectivity index (χ0) is 26.2. The molecular formula is C28H24ClN3O4S. The normalized spacial score (nSPS) is 10.5. The highest BCUT2D eigenvalue weighted by Crippen LogP contribution is 2.29. The molecule has 0 aliphatic heterocycles. The zero-order valence-corrected chi connectivity index (χ0v) is 21.6. The Balaban J connectivity index is 1.41. The summed E-state index contributed by atoms with van der Waals surface area (Å²) in [6.45, 7) is 1.30. The predicted octanol–water partition coefficient (Wildman–Crippen LogP) is 5.28. The molecule has 0 aliphatic rings. The minimum atomic E-state index is -0.713. The second-order valence-corrected chi connectivity index (χ2v) is 9.47. The highest BCUT2D eigenvalue weighted by atomic mass is 35.5. The van der Waals surface area contributed by atoms with Crippen LogP contribution < -0.4 is 10.2 Å². The van der Waals surface area contributed by atoms with Crippen LogP contribution in [0.3, 0.4) is 0 Å². The van der Waals surface area contributed by atoms with Gasteiger partial charge in [-0.1, -0.05) is 71.8 Å². The molecule has 0 unspecified atom stereocenters. The number of halogens is 1. The van der Waals surface area contributed by atoms with E-state index < -0.39 is 24.4 Å². The number of rotatable bonds is 9. The predicted molar refractivity (Wildman–Crippen MR) is 145 cm³/mol. The van der Waals surface area contributed by atoms with Crippen molar-refractivity contribution in [1.29, 1.82) is 0 Å². The Kier molecular flexibility index (Phi) is 8.66. The number of thiazole rings is 1. The van der Waals surface area contributed by atoms with Crippen LogP contribution in [-0.2, 0) is 20.9 Å². The Hall–Kier alpha value is -4.01. The fraction of sp³-hybridized carbons (Fsp3) is 0.143. The number of carbonyl (C=O) groups is 3. The number of nitrogens with zero attached hydrogens (tertiary/aromatic N) is 2. The second-order valence-electron chi connectivity index (χ2n) is 8.20. The van der Waals surface area contributed by atoms with Gasteiger partial charge in [-0.25, -0.2) is 4.98 Å². The summed E-state index contributed by atoms with van der Waals surface area (Å²) in [7, 11) is 0. The van der Waals surface area contributed by atoms with E-state index in [-0.39, 0.29) is 13.1 Å². The maximum Gasteiger partial charge on any atom is 0.325 e. The largest absolute Gasteiger partial charge is 0.454 e. The van der Waals surface area contributed by atoms with Crippen molar-refractivity contribution in [2.24, 2.45) is 0 Å². The molecule has 4 aromatic rings. The van der Waals surface area contributed by atoms with Gasteiger partial charge in [-0.2, -0.15) is 0 Å². The van der Waals surface area contributed by atoms with Gasteiger partial charge in [0.05, 0.1) is 12.2 Å². The van der Waals surface area contributed by atoms with Crippen LogP contribution in [0.2, 0.25) is 5.02 Å². The standard InChI is InChI=1S/C28H24ClN3O4S/c1-19-6-5-9-22(14-19)27(35)30-15-26(34)36-17-25(33)32(16-20-7-3-2-4-8-20)28-31-24(18-37-28)21-10-12-23(29)13-11-21/h2-14,18H,15-17H2,1H3,(H,30,35). The van der Waals surface area contributed by atoms with Gasteiger partial charge in [-0.3, -0.25) is 19.3 Å². The van der Waals surface area contributed by atoms with Gasteiger partial charge >= 0.3 is 5.97 Å². The van der Waals surface area contributed by atoms with Crippen LogP contribution in [0.1, 0.15) is 21.5 Å². The molecule has 7 nitrogen and oxygen atoms in total. The molecule has 2 amide bonds. The summed E-state index contributed by atoms with van der Waals surface area (Å²) in [5.74, 6) is -1.54. The van der Waals surface area contributed by atoms with Crippen molar-refractivity contribution in [3.8, 4) is 11.3 Å². The van der Waals surface area contributed by atoms with Gasteiger partial charge < -0.3 is 10.1 Å². The molecule has 0 saturated carbocycles. The fourth-order valence-electron chi connectivity index (χ4n) is 3.48. The van der Waals surface area contributed by atoms with Crippen molar-refractivity contribution in [3.05, 3.63) is 106 Å². The lowest BCUT2D eigenvalue weighted by atomic mass is 10.1. The number of esters is 1. The Morgan fingerprint density at radius 2 is 1.76 bits per heavy atom. The van der Waals surface area contributed by atoms with Crippen LogP contribution in [0.25, 0.3) is 11.3 Å². The van der Waals surface area contributed by atoms with Crippen LogP contribution >= 0.6 is 22.9 Å². The van der Waals surface area contributed by atoms with Gasteiger partial charge in [0.25, 0.3) is 11.8 Å². The van der Waals surface area contributed by atoms with Gasteiger partial charge in [0.15, 0.2) is 11.7 Å². The maximum absolute atomic E-state index is 13.2. The van der Waals surface area contributed by atoms with Crippen molar-refractivity contribution in [2.45, 2.75) is 13.5 Å². The van der Waals surface area contributed by atoms with Gasteiger partial charge in [0.1, 0.15) is 6.54 Å². The molecule has 1 N–H and O–H groups in total. The van der Waals surface area contributed by atoms with Crippen molar-refractivity contribution < 1.29 is 19.1 Å². The molecule has 0 saturated heterocycles. The molecule has 188 valence electrons. The lowest BCUT2D eigenvalue weighted by Crippen LogP contribution is -2.36. The van der Waals surface area contributed by atoms with Gasteiger partial charge in [0, 0.05) is 21.5 Å². The van der Waals surface area contributed by atoms with E-state index in [4.69, 9.17) is 16.3 Å². The minimum absolute atomic E-state index is 0.259. The van der Waals surface area contributed by atoms with Crippen LogP contribution in [0.15, 0.2) is 84.2 Å². The van der Waals surface area contributed by atoms with E-state index in [9.17, 15) is 14.4 Å². The monoisotopic (exact) mass is 533 g/mol. The molecule has 0 atom stereocenters. The summed E-state index contributed by atoms with van der Waals surface area (Å²) in [6, 6.07) is 23.8. The average molecular weight is 534 g/mol. The first kappa shape index (κ1) is 26.1. The SMILES string of the molecule is Cc1cccc(C(=O)NCC(=O)OCC(=O)N(Cc2ccccc2)c2nc(-c3ccc(Cl)cc3)cs2)c1. The van der Waals surface area contributed by atoms with Gasteiger partial charge in [-0.05, 0) is 36.8 Å². The minimum Gasteiger partial charge on any atom is -0.454 e. The molecule has 1 aromatic heterocycles. The quantitative estimate of drug-likeness (QED) is 0.296. The first-order chi connectivity index (χ1) is 17.9. The number of nitrogens with one attached hydrogen (secondary N) is 1. The number of anilines is 1. The van der Waals surface area contributed by atoms with Crippen LogP contribution in [0, 0.1) is 6.92 Å². The highest BCUT2D eigenvalue weighted by molar-refractivity contribution is 7.14. The number of benzene rings is 3. The topological polar surface area (TPSA) is 88.6 Å². The van der Waals surface area contributed by atoms with E-state index in [2.05, 4.69) is 10.3 Å². The fourth-order valence-corrected chi connectivity index (χ4v) is 4.46. The van der Waals surface area contributed by atoms with Crippen molar-refractivity contribution in [1.82, 2.24) is 10.3 Å². The van der Waals surface area contributed by atoms with E-state index in [0.29, 0.717) is 21.4 Å². The Labute approximate surface area is 223 Å². The van der Waals surface area contributed by atoms with Gasteiger partial charge in [-0.15, -0.1) is 11.3 Å². The van der Waals surface area contributed by atoms with Crippen molar-refractivity contribution in [3.63, 3.8) is 0 Å². The molecule has 0 aliphatic carbocycles. The average Bonchev–Trinajstić information content (AvgIpc) is 3.40. The van der Waals surface area contributed by atoms with Crippen molar-refractivity contribution >= 4 is 45.9 Å². The summed E-state index contributed by atoms with van der Waals surface area (Å²) < 4.78 is 5.18. The summed E-state index contributed by atoms with van der Waals surface area (Å²) >= 11 is 7.30. The summed E-state index contributed by atoms with van der Waals surface area (Å²) in [4.78, 5) is 43.8. The Bertz CT molecular complexity index is 1390.